The number of carbonyl (C=O) groups excluding carboxylic acids is 1. The zero-order chi connectivity index (χ0) is 19.7. The second-order valence-electron chi connectivity index (χ2n) is 6.97. The number of anilines is 1. The van der Waals surface area contributed by atoms with Crippen molar-refractivity contribution in [1.29, 1.82) is 0 Å². The molecule has 1 unspecified atom stereocenters. The zero-order valence-corrected chi connectivity index (χ0v) is 16.1. The number of benzene rings is 2. The Morgan fingerprint density at radius 3 is 2.57 bits per heavy atom. The second kappa shape index (κ2) is 7.44. The van der Waals surface area contributed by atoms with Gasteiger partial charge in [-0.2, -0.15) is 0 Å². The van der Waals surface area contributed by atoms with E-state index in [0.29, 0.717) is 17.9 Å². The maximum atomic E-state index is 12.7. The lowest BCUT2D eigenvalue weighted by Gasteiger charge is -2.24. The summed E-state index contributed by atoms with van der Waals surface area (Å²) in [4.78, 5) is 12.7. The average Bonchev–Trinajstić information content (AvgIpc) is 3.10. The summed E-state index contributed by atoms with van der Waals surface area (Å²) in [6.45, 7) is 4.77. The summed E-state index contributed by atoms with van der Waals surface area (Å²) in [5.41, 5.74) is 4.94. The minimum Gasteiger partial charge on any atom is -0.497 e. The van der Waals surface area contributed by atoms with Crippen LogP contribution in [0.15, 0.2) is 42.5 Å². The van der Waals surface area contributed by atoms with Crippen LogP contribution in [0.3, 0.4) is 0 Å². The van der Waals surface area contributed by atoms with Crippen LogP contribution in [-0.4, -0.2) is 28.0 Å². The molecule has 28 heavy (non-hydrogen) atoms. The van der Waals surface area contributed by atoms with E-state index in [2.05, 4.69) is 21.7 Å². The van der Waals surface area contributed by atoms with Crippen molar-refractivity contribution < 1.29 is 14.3 Å². The van der Waals surface area contributed by atoms with E-state index in [-0.39, 0.29) is 18.6 Å². The van der Waals surface area contributed by atoms with Gasteiger partial charge < -0.3 is 14.8 Å². The summed E-state index contributed by atoms with van der Waals surface area (Å²) in [7, 11) is 1.64. The Balaban J connectivity index is 1.50. The van der Waals surface area contributed by atoms with Gasteiger partial charge in [0.15, 0.2) is 5.69 Å². The van der Waals surface area contributed by atoms with Gasteiger partial charge in [0.05, 0.1) is 26.0 Å². The largest absolute Gasteiger partial charge is 0.497 e. The molecular weight excluding hydrogens is 356 g/mol. The van der Waals surface area contributed by atoms with E-state index in [1.54, 1.807) is 11.8 Å². The molecule has 0 spiro atoms. The number of nitrogens with one attached hydrogen (secondary N) is 1. The first-order valence-corrected chi connectivity index (χ1v) is 9.11. The molecule has 0 bridgehead atoms. The topological polar surface area (TPSA) is 78.3 Å². The fraction of sp³-hybridized carbons (Fsp3) is 0.286. The molecule has 2 aromatic carbocycles. The monoisotopic (exact) mass is 378 g/mol. The normalized spacial score (nSPS) is 15.8. The fourth-order valence-electron chi connectivity index (χ4n) is 3.45. The summed E-state index contributed by atoms with van der Waals surface area (Å²) in [6, 6.07) is 13.7. The van der Waals surface area contributed by atoms with Crippen molar-refractivity contribution in [2.45, 2.75) is 33.1 Å². The average molecular weight is 378 g/mol. The van der Waals surface area contributed by atoms with Gasteiger partial charge in [-0.3, -0.25) is 4.79 Å². The first kappa shape index (κ1) is 18.2. The number of fused-ring (bicyclic) bond motifs is 1. The van der Waals surface area contributed by atoms with Crippen LogP contribution in [0.4, 0.5) is 5.69 Å². The molecule has 2 heterocycles. The maximum absolute atomic E-state index is 12.7. The molecule has 144 valence electrons. The lowest BCUT2D eigenvalue weighted by Crippen LogP contribution is -2.24. The molecule has 0 saturated carbocycles. The Morgan fingerprint density at radius 2 is 1.89 bits per heavy atom. The third-order valence-electron chi connectivity index (χ3n) is 4.78. The van der Waals surface area contributed by atoms with Crippen molar-refractivity contribution in [3.8, 4) is 5.75 Å². The van der Waals surface area contributed by atoms with Crippen LogP contribution in [0.5, 0.6) is 5.75 Å². The Hall–Kier alpha value is -3.19. The number of methoxy groups -OCH3 is 1. The standard InChI is InChI=1S/C21H22N4O3/c1-13-8-14(2)10-16(9-13)22-21(26)20-18-12-28-19(11-25(18)24-23-20)15-4-6-17(27-3)7-5-15/h4-10,19H,11-12H2,1-3H3,(H,22,26). The Kier molecular flexibility index (Phi) is 4.83. The Labute approximate surface area is 163 Å². The molecular formula is C21H22N4O3. The van der Waals surface area contributed by atoms with Gasteiger partial charge in [-0.15, -0.1) is 5.10 Å². The Bertz CT molecular complexity index is 991. The molecule has 4 rings (SSSR count). The number of hydrogen-bond donors (Lipinski definition) is 1. The summed E-state index contributed by atoms with van der Waals surface area (Å²) >= 11 is 0. The molecule has 0 aliphatic carbocycles. The van der Waals surface area contributed by atoms with E-state index in [4.69, 9.17) is 9.47 Å². The smallest absolute Gasteiger partial charge is 0.278 e. The third-order valence-corrected chi connectivity index (χ3v) is 4.78. The molecule has 0 radical (unpaired) electrons. The quantitative estimate of drug-likeness (QED) is 0.753. The second-order valence-corrected chi connectivity index (χ2v) is 6.97. The van der Waals surface area contributed by atoms with Crippen molar-refractivity contribution in [3.63, 3.8) is 0 Å². The van der Waals surface area contributed by atoms with Crippen LogP contribution in [0, 0.1) is 13.8 Å². The number of carbonyl (C=O) groups is 1. The predicted molar refractivity (Wildman–Crippen MR) is 104 cm³/mol. The van der Waals surface area contributed by atoms with Crippen LogP contribution in [-0.2, 0) is 17.9 Å². The number of ether oxygens (including phenoxy) is 2. The summed E-state index contributed by atoms with van der Waals surface area (Å²) in [6.07, 6.45) is -0.143. The van der Waals surface area contributed by atoms with Crippen LogP contribution in [0.1, 0.15) is 39.0 Å². The number of hydrogen-bond acceptors (Lipinski definition) is 5. The molecule has 3 aromatic rings. The van der Waals surface area contributed by atoms with Crippen LogP contribution < -0.4 is 10.1 Å². The molecule has 1 aliphatic rings. The number of amides is 1. The summed E-state index contributed by atoms with van der Waals surface area (Å²) < 4.78 is 12.9. The van der Waals surface area contributed by atoms with Crippen molar-refractivity contribution in [1.82, 2.24) is 15.0 Å². The number of rotatable bonds is 4. The lowest BCUT2D eigenvalue weighted by molar-refractivity contribution is -0.00173. The van der Waals surface area contributed by atoms with Gasteiger partial charge in [0.25, 0.3) is 5.91 Å². The first-order chi connectivity index (χ1) is 13.5. The van der Waals surface area contributed by atoms with Crippen LogP contribution >= 0.6 is 0 Å². The van der Waals surface area contributed by atoms with Crippen LogP contribution in [0.25, 0.3) is 0 Å². The van der Waals surface area contributed by atoms with Crippen molar-refractivity contribution in [2.75, 3.05) is 12.4 Å². The maximum Gasteiger partial charge on any atom is 0.278 e. The number of aryl methyl sites for hydroxylation is 2. The van der Waals surface area contributed by atoms with Crippen molar-refractivity contribution >= 4 is 11.6 Å². The van der Waals surface area contributed by atoms with Gasteiger partial charge in [-0.1, -0.05) is 23.4 Å². The van der Waals surface area contributed by atoms with E-state index in [1.807, 2.05) is 50.2 Å². The van der Waals surface area contributed by atoms with E-state index in [9.17, 15) is 4.79 Å². The summed E-state index contributed by atoms with van der Waals surface area (Å²) in [5, 5.41) is 11.2. The van der Waals surface area contributed by atoms with Gasteiger partial charge in [-0.25, -0.2) is 4.68 Å². The predicted octanol–water partition coefficient (Wildman–Crippen LogP) is 3.43. The van der Waals surface area contributed by atoms with E-state index in [1.165, 1.54) is 0 Å². The summed E-state index contributed by atoms with van der Waals surface area (Å²) in [5.74, 6) is 0.518. The highest BCUT2D eigenvalue weighted by Crippen LogP contribution is 2.28. The van der Waals surface area contributed by atoms with Gasteiger partial charge in [-0.05, 0) is 54.8 Å². The van der Waals surface area contributed by atoms with E-state index >= 15 is 0 Å². The van der Waals surface area contributed by atoms with E-state index in [0.717, 1.165) is 28.1 Å². The van der Waals surface area contributed by atoms with Gasteiger partial charge in [0.1, 0.15) is 11.9 Å². The molecule has 7 nitrogen and oxygen atoms in total. The molecule has 1 amide bonds. The molecule has 1 aliphatic heterocycles. The third kappa shape index (κ3) is 3.61. The van der Waals surface area contributed by atoms with Crippen LogP contribution in [0.2, 0.25) is 0 Å². The van der Waals surface area contributed by atoms with E-state index < -0.39 is 0 Å². The highest BCUT2D eigenvalue weighted by molar-refractivity contribution is 6.03. The minimum absolute atomic E-state index is 0.143. The van der Waals surface area contributed by atoms with Crippen molar-refractivity contribution in [2.24, 2.45) is 0 Å². The Morgan fingerprint density at radius 1 is 1.18 bits per heavy atom. The van der Waals surface area contributed by atoms with Gasteiger partial charge in [0, 0.05) is 5.69 Å². The molecule has 1 N–H and O–H groups in total. The molecule has 0 saturated heterocycles. The SMILES string of the molecule is COc1ccc(C2Cn3nnc(C(=O)Nc4cc(C)cc(C)c4)c3CO2)cc1. The lowest BCUT2D eigenvalue weighted by atomic mass is 10.1. The molecule has 1 atom stereocenters. The zero-order valence-electron chi connectivity index (χ0n) is 16.1. The highest BCUT2D eigenvalue weighted by Gasteiger charge is 2.27. The number of nitrogens with zero attached hydrogens (tertiary/aromatic N) is 3. The minimum atomic E-state index is -0.280. The molecule has 7 heteroatoms. The number of aromatic nitrogens is 3. The molecule has 0 fully saturated rings. The van der Waals surface area contributed by atoms with Gasteiger partial charge >= 0.3 is 0 Å². The fourth-order valence-corrected chi connectivity index (χ4v) is 3.45. The van der Waals surface area contributed by atoms with Crippen molar-refractivity contribution in [3.05, 3.63) is 70.5 Å². The highest BCUT2D eigenvalue weighted by atomic mass is 16.5. The first-order valence-electron chi connectivity index (χ1n) is 9.11. The van der Waals surface area contributed by atoms with Gasteiger partial charge in [0.2, 0.25) is 0 Å². The molecule has 1 aromatic heterocycles.